The second-order valence-electron chi connectivity index (χ2n) is 14.8. The number of aliphatic hydroxyl groups excluding tert-OH is 3. The number of hydrogen-bond donors (Lipinski definition) is 3. The third-order valence-corrected chi connectivity index (χ3v) is 10.5. The molecule has 1 aromatic carbocycles. The number of benzene rings is 1. The number of aliphatic hydroxyl groups is 3. The van der Waals surface area contributed by atoms with Crippen LogP contribution in [0, 0.1) is 11.8 Å². The van der Waals surface area contributed by atoms with E-state index in [1.165, 1.54) is 12.7 Å². The molecule has 3 N–H and O–H groups in total. The van der Waals surface area contributed by atoms with Crippen LogP contribution in [0.5, 0.6) is 0 Å². The molecule has 0 saturated carbocycles. The van der Waals surface area contributed by atoms with Crippen LogP contribution >= 0.6 is 0 Å². The average Bonchev–Trinajstić information content (AvgIpc) is 3.10. The van der Waals surface area contributed by atoms with E-state index in [4.69, 9.17) is 23.7 Å². The van der Waals surface area contributed by atoms with Gasteiger partial charge in [-0.05, 0) is 84.0 Å². The number of cyclic esters (lactones) is 1. The van der Waals surface area contributed by atoms with E-state index in [2.05, 4.69) is 17.0 Å². The SMILES string of the molecule is CCC(=O)O[C@@H]1CC(=O)O[C@H](C)CCN(CCCCc2ccccc2)C[C@H](O)[C@H](C)C[C@H](CC=O)[C@H](OC2OC(C)C(O)C(N(C)C)C2O)C1OC. The molecule has 0 aromatic heterocycles. The second-order valence-corrected chi connectivity index (χ2v) is 14.8. The summed E-state index contributed by atoms with van der Waals surface area (Å²) >= 11 is 0. The summed E-state index contributed by atoms with van der Waals surface area (Å²) in [6.45, 7) is 8.76. The van der Waals surface area contributed by atoms with E-state index in [-0.39, 0.29) is 25.2 Å². The number of unbranched alkanes of at least 4 members (excludes halogenated alkanes) is 1. The Hall–Kier alpha value is -2.49. The molecule has 2 fully saturated rings. The lowest BCUT2D eigenvalue weighted by Gasteiger charge is -2.47. The number of hydrogen-bond acceptors (Lipinski definition) is 13. The molecule has 296 valence electrons. The molecule has 2 saturated heterocycles. The minimum atomic E-state index is -1.31. The Morgan fingerprint density at radius 2 is 1.77 bits per heavy atom. The van der Waals surface area contributed by atoms with E-state index in [1.807, 2.05) is 32.0 Å². The molecule has 0 spiro atoms. The molecule has 1 aromatic rings. The first kappa shape index (κ1) is 43.9. The Kier molecular flexibility index (Phi) is 18.6. The van der Waals surface area contributed by atoms with Crippen molar-refractivity contribution >= 4 is 18.2 Å². The van der Waals surface area contributed by atoms with Gasteiger partial charge in [-0.1, -0.05) is 44.2 Å². The van der Waals surface area contributed by atoms with Gasteiger partial charge >= 0.3 is 11.9 Å². The predicted molar refractivity (Wildman–Crippen MR) is 194 cm³/mol. The Bertz CT molecular complexity index is 1210. The molecule has 0 aliphatic carbocycles. The van der Waals surface area contributed by atoms with Crippen LogP contribution in [0.2, 0.25) is 0 Å². The number of ether oxygens (including phenoxy) is 5. The van der Waals surface area contributed by atoms with Crippen molar-refractivity contribution in [1.82, 2.24) is 9.80 Å². The summed E-state index contributed by atoms with van der Waals surface area (Å²) in [6, 6.07) is 9.56. The Labute approximate surface area is 309 Å². The van der Waals surface area contributed by atoms with Crippen molar-refractivity contribution < 1.29 is 53.4 Å². The lowest BCUT2D eigenvalue weighted by Crippen LogP contribution is -2.63. The minimum Gasteiger partial charge on any atom is -0.463 e. The largest absolute Gasteiger partial charge is 0.463 e. The monoisotopic (exact) mass is 736 g/mol. The summed E-state index contributed by atoms with van der Waals surface area (Å²) in [5, 5.41) is 33.9. The quantitative estimate of drug-likeness (QED) is 0.154. The van der Waals surface area contributed by atoms with Crippen molar-refractivity contribution in [2.75, 3.05) is 40.8 Å². The van der Waals surface area contributed by atoms with E-state index >= 15 is 0 Å². The van der Waals surface area contributed by atoms with Crippen LogP contribution in [0.3, 0.4) is 0 Å². The molecule has 52 heavy (non-hydrogen) atoms. The van der Waals surface area contributed by atoms with Crippen LogP contribution in [0.15, 0.2) is 30.3 Å². The van der Waals surface area contributed by atoms with Gasteiger partial charge in [-0.25, -0.2) is 0 Å². The highest BCUT2D eigenvalue weighted by molar-refractivity contribution is 5.72. The van der Waals surface area contributed by atoms with Crippen LogP contribution in [-0.4, -0.2) is 145 Å². The van der Waals surface area contributed by atoms with Crippen molar-refractivity contribution in [3.63, 3.8) is 0 Å². The fraction of sp³-hybridized carbons (Fsp3) is 0.769. The first-order valence-corrected chi connectivity index (χ1v) is 18.9. The second kappa shape index (κ2) is 22.0. The van der Waals surface area contributed by atoms with Gasteiger partial charge in [-0.15, -0.1) is 0 Å². The molecule has 2 heterocycles. The van der Waals surface area contributed by atoms with Crippen molar-refractivity contribution in [3.8, 4) is 0 Å². The van der Waals surface area contributed by atoms with Gasteiger partial charge in [-0.3, -0.25) is 9.59 Å². The number of carbonyl (C=O) groups excluding carboxylic acids is 3. The number of carbonyl (C=O) groups is 3. The van der Waals surface area contributed by atoms with Crippen LogP contribution in [0.25, 0.3) is 0 Å². The summed E-state index contributed by atoms with van der Waals surface area (Å²) in [6.07, 6.45) is -4.76. The number of aldehydes is 1. The Morgan fingerprint density at radius 1 is 1.06 bits per heavy atom. The van der Waals surface area contributed by atoms with E-state index in [0.717, 1.165) is 32.1 Å². The van der Waals surface area contributed by atoms with Gasteiger partial charge in [0.2, 0.25) is 0 Å². The Balaban J connectivity index is 1.96. The van der Waals surface area contributed by atoms with Crippen molar-refractivity contribution in [1.29, 1.82) is 0 Å². The molecular weight excluding hydrogens is 672 g/mol. The number of methoxy groups -OCH3 is 1. The normalized spacial score (nSPS) is 34.6. The average molecular weight is 737 g/mol. The number of esters is 2. The summed E-state index contributed by atoms with van der Waals surface area (Å²) in [4.78, 5) is 42.3. The number of aryl methyl sites for hydroxylation is 1. The predicted octanol–water partition coefficient (Wildman–Crippen LogP) is 2.75. The lowest BCUT2D eigenvalue weighted by molar-refractivity contribution is -0.310. The van der Waals surface area contributed by atoms with Gasteiger partial charge in [0.05, 0.1) is 36.9 Å². The molecule has 0 radical (unpaired) electrons. The zero-order valence-electron chi connectivity index (χ0n) is 32.2. The molecule has 0 bridgehead atoms. The fourth-order valence-corrected chi connectivity index (χ4v) is 7.35. The molecule has 2 aliphatic heterocycles. The highest BCUT2D eigenvalue weighted by Gasteiger charge is 2.48. The van der Waals surface area contributed by atoms with Gasteiger partial charge in [0.15, 0.2) is 6.29 Å². The first-order chi connectivity index (χ1) is 24.8. The maximum absolute atomic E-state index is 13.4. The van der Waals surface area contributed by atoms with Crippen molar-refractivity contribution in [2.45, 2.75) is 140 Å². The van der Waals surface area contributed by atoms with Crippen molar-refractivity contribution in [2.24, 2.45) is 11.8 Å². The van der Waals surface area contributed by atoms with Gasteiger partial charge in [-0.2, -0.15) is 0 Å². The highest BCUT2D eigenvalue weighted by atomic mass is 16.7. The first-order valence-electron chi connectivity index (χ1n) is 18.9. The third-order valence-electron chi connectivity index (χ3n) is 10.5. The molecule has 2 aliphatic rings. The number of likely N-dealkylation sites (N-methyl/N-ethyl adjacent to an activating group) is 1. The number of β-amino-alcohol motifs (C(OH)–C–C–N with tert-alkyl or cyclic N) is 1. The lowest BCUT2D eigenvalue weighted by atomic mass is 9.82. The highest BCUT2D eigenvalue weighted by Crippen LogP contribution is 2.34. The molecule has 12 atom stereocenters. The van der Waals surface area contributed by atoms with Gasteiger partial charge in [0.1, 0.15) is 30.7 Å². The maximum Gasteiger partial charge on any atom is 0.309 e. The Morgan fingerprint density at radius 3 is 2.40 bits per heavy atom. The fourth-order valence-electron chi connectivity index (χ4n) is 7.35. The van der Waals surface area contributed by atoms with Gasteiger partial charge in [0, 0.05) is 33.0 Å². The zero-order chi connectivity index (χ0) is 38.4. The van der Waals surface area contributed by atoms with E-state index in [0.29, 0.717) is 25.9 Å². The standard InChI is InChI=1S/C39H64N2O11/c1-8-32(44)51-31-23-33(45)49-26(3)17-20-41(19-13-12-16-28-14-10-9-11-15-28)24-30(43)25(2)22-29(18-21-42)37(38(31)48-7)52-39-36(47)34(40(5)6)35(46)27(4)50-39/h9-11,14-15,21,25-27,29-31,34-39,43,46-47H,8,12-13,16-20,22-24H2,1-7H3/t25-,26-,27?,29+,30+,31-,34?,35?,36?,37+,38?,39?/m1/s1. The van der Waals surface area contributed by atoms with E-state index < -0.39 is 79.0 Å². The maximum atomic E-state index is 13.4. The number of rotatable bonds is 13. The molecule has 13 heteroatoms. The minimum absolute atomic E-state index is 0.0151. The van der Waals surface area contributed by atoms with Crippen LogP contribution in [0.4, 0.5) is 0 Å². The van der Waals surface area contributed by atoms with Crippen LogP contribution in [-0.2, 0) is 44.5 Å². The summed E-state index contributed by atoms with van der Waals surface area (Å²) in [7, 11) is 4.85. The topological polar surface area (TPSA) is 165 Å². The molecular formula is C39H64N2O11. The third kappa shape index (κ3) is 13.1. The molecule has 13 nitrogen and oxygen atoms in total. The van der Waals surface area contributed by atoms with Crippen LogP contribution < -0.4 is 0 Å². The summed E-state index contributed by atoms with van der Waals surface area (Å²) < 4.78 is 30.2. The number of nitrogens with zero attached hydrogens (tertiary/aromatic N) is 2. The smallest absolute Gasteiger partial charge is 0.309 e. The van der Waals surface area contributed by atoms with Crippen molar-refractivity contribution in [3.05, 3.63) is 35.9 Å². The van der Waals surface area contributed by atoms with Gasteiger partial charge in [0.25, 0.3) is 0 Å². The molecule has 3 rings (SSSR count). The summed E-state index contributed by atoms with van der Waals surface area (Å²) in [5.41, 5.74) is 1.28. The molecule has 0 amide bonds. The summed E-state index contributed by atoms with van der Waals surface area (Å²) in [5.74, 6) is -2.10. The zero-order valence-corrected chi connectivity index (χ0v) is 32.2. The van der Waals surface area contributed by atoms with E-state index in [1.54, 1.807) is 32.8 Å². The van der Waals surface area contributed by atoms with Crippen LogP contribution in [0.1, 0.15) is 78.2 Å². The molecule has 6 unspecified atom stereocenters. The van der Waals surface area contributed by atoms with Gasteiger partial charge < -0.3 is 53.6 Å². The van der Waals surface area contributed by atoms with E-state index in [9.17, 15) is 29.7 Å².